The van der Waals surface area contributed by atoms with Gasteiger partial charge in [-0.2, -0.15) is 0 Å². The van der Waals surface area contributed by atoms with Crippen LogP contribution in [0.5, 0.6) is 0 Å². The Hall–Kier alpha value is -0.570. The van der Waals surface area contributed by atoms with E-state index in [4.69, 9.17) is 5.11 Å². The summed E-state index contributed by atoms with van der Waals surface area (Å²) in [6.07, 6.45) is 6.53. The van der Waals surface area contributed by atoms with Crippen LogP contribution >= 0.6 is 0 Å². The monoisotopic (exact) mass is 227 g/mol. The van der Waals surface area contributed by atoms with Crippen molar-refractivity contribution in [2.24, 2.45) is 11.8 Å². The van der Waals surface area contributed by atoms with Crippen LogP contribution in [0.3, 0.4) is 0 Å². The van der Waals surface area contributed by atoms with Gasteiger partial charge in [0.15, 0.2) is 0 Å². The largest absolute Gasteiger partial charge is 0.481 e. The molecular weight excluding hydrogens is 202 g/mol. The zero-order valence-corrected chi connectivity index (χ0v) is 10.6. The molecule has 2 unspecified atom stereocenters. The van der Waals surface area contributed by atoms with Crippen LogP contribution in [-0.2, 0) is 4.79 Å². The third-order valence-corrected chi connectivity index (χ3v) is 3.55. The van der Waals surface area contributed by atoms with Crippen LogP contribution in [0, 0.1) is 11.8 Å². The maximum absolute atomic E-state index is 10.4. The van der Waals surface area contributed by atoms with Crippen molar-refractivity contribution in [2.75, 3.05) is 20.1 Å². The molecule has 1 aliphatic carbocycles. The molecule has 0 amide bonds. The van der Waals surface area contributed by atoms with Gasteiger partial charge in [0.05, 0.1) is 0 Å². The maximum atomic E-state index is 10.4. The lowest BCUT2D eigenvalue weighted by Crippen LogP contribution is -2.29. The van der Waals surface area contributed by atoms with Crippen molar-refractivity contribution < 1.29 is 9.90 Å². The minimum atomic E-state index is -0.681. The van der Waals surface area contributed by atoms with Gasteiger partial charge in [0.1, 0.15) is 0 Å². The van der Waals surface area contributed by atoms with Crippen molar-refractivity contribution in [1.82, 2.24) is 4.90 Å². The minimum absolute atomic E-state index is 0.297. The first-order valence-electron chi connectivity index (χ1n) is 6.48. The molecule has 2 atom stereocenters. The molecule has 0 aliphatic heterocycles. The SMILES string of the molecule is CC1CCCC(CN(C)CCCC(=O)O)C1. The van der Waals surface area contributed by atoms with Crippen LogP contribution in [-0.4, -0.2) is 36.1 Å². The average molecular weight is 227 g/mol. The summed E-state index contributed by atoms with van der Waals surface area (Å²) in [6, 6.07) is 0. The summed E-state index contributed by atoms with van der Waals surface area (Å²) >= 11 is 0. The van der Waals surface area contributed by atoms with Crippen molar-refractivity contribution in [1.29, 1.82) is 0 Å². The lowest BCUT2D eigenvalue weighted by Gasteiger charge is -2.30. The molecule has 0 aromatic carbocycles. The molecule has 0 heterocycles. The molecule has 1 fully saturated rings. The van der Waals surface area contributed by atoms with Gasteiger partial charge in [-0.15, -0.1) is 0 Å². The molecule has 1 rings (SSSR count). The van der Waals surface area contributed by atoms with E-state index in [-0.39, 0.29) is 0 Å². The van der Waals surface area contributed by atoms with Crippen molar-refractivity contribution in [2.45, 2.75) is 45.4 Å². The van der Waals surface area contributed by atoms with Gasteiger partial charge in [0.2, 0.25) is 0 Å². The fraction of sp³-hybridized carbons (Fsp3) is 0.923. The highest BCUT2D eigenvalue weighted by Crippen LogP contribution is 2.28. The third-order valence-electron chi connectivity index (χ3n) is 3.55. The molecule has 3 nitrogen and oxygen atoms in total. The Balaban J connectivity index is 2.12. The van der Waals surface area contributed by atoms with E-state index in [0.717, 1.165) is 31.3 Å². The Labute approximate surface area is 98.8 Å². The van der Waals surface area contributed by atoms with Gasteiger partial charge in [-0.3, -0.25) is 4.79 Å². The molecule has 94 valence electrons. The van der Waals surface area contributed by atoms with Gasteiger partial charge in [-0.05, 0) is 44.7 Å². The van der Waals surface area contributed by atoms with Crippen LogP contribution in [0.15, 0.2) is 0 Å². The summed E-state index contributed by atoms with van der Waals surface area (Å²) in [5.74, 6) is 1.03. The molecule has 1 aliphatic rings. The number of aliphatic carboxylic acids is 1. The topological polar surface area (TPSA) is 40.5 Å². The highest BCUT2D eigenvalue weighted by Gasteiger charge is 2.19. The average Bonchev–Trinajstić information content (AvgIpc) is 2.16. The molecule has 0 aromatic heterocycles. The maximum Gasteiger partial charge on any atom is 0.303 e. The molecule has 3 heteroatoms. The number of carboxylic acid groups (broad SMARTS) is 1. The Morgan fingerprint density at radius 2 is 2.19 bits per heavy atom. The van der Waals surface area contributed by atoms with Crippen LogP contribution < -0.4 is 0 Å². The zero-order chi connectivity index (χ0) is 12.0. The van der Waals surface area contributed by atoms with Crippen LogP contribution in [0.2, 0.25) is 0 Å². The summed E-state index contributed by atoms with van der Waals surface area (Å²) in [4.78, 5) is 12.7. The lowest BCUT2D eigenvalue weighted by atomic mass is 9.82. The first-order chi connectivity index (χ1) is 7.58. The van der Waals surface area contributed by atoms with Crippen molar-refractivity contribution in [3.63, 3.8) is 0 Å². The molecule has 0 radical (unpaired) electrons. The van der Waals surface area contributed by atoms with Gasteiger partial charge in [0.25, 0.3) is 0 Å². The summed E-state index contributed by atoms with van der Waals surface area (Å²) in [7, 11) is 2.11. The van der Waals surface area contributed by atoms with Crippen molar-refractivity contribution in [3.8, 4) is 0 Å². The van der Waals surface area contributed by atoms with Crippen LogP contribution in [0.1, 0.15) is 45.4 Å². The lowest BCUT2D eigenvalue weighted by molar-refractivity contribution is -0.137. The van der Waals surface area contributed by atoms with E-state index < -0.39 is 5.97 Å². The van der Waals surface area contributed by atoms with E-state index in [2.05, 4.69) is 18.9 Å². The molecule has 0 spiro atoms. The highest BCUT2D eigenvalue weighted by atomic mass is 16.4. The summed E-state index contributed by atoms with van der Waals surface area (Å²) in [5, 5.41) is 8.56. The van der Waals surface area contributed by atoms with E-state index in [1.54, 1.807) is 0 Å². The number of carboxylic acids is 1. The second-order valence-corrected chi connectivity index (χ2v) is 5.40. The molecular formula is C13H25NO2. The minimum Gasteiger partial charge on any atom is -0.481 e. The second kappa shape index (κ2) is 6.89. The van der Waals surface area contributed by atoms with Gasteiger partial charge >= 0.3 is 5.97 Å². The molecule has 0 saturated heterocycles. The van der Waals surface area contributed by atoms with E-state index >= 15 is 0 Å². The summed E-state index contributed by atoms with van der Waals surface area (Å²) in [5.41, 5.74) is 0. The fourth-order valence-electron chi connectivity index (χ4n) is 2.76. The van der Waals surface area contributed by atoms with Crippen molar-refractivity contribution in [3.05, 3.63) is 0 Å². The normalized spacial score (nSPS) is 25.9. The predicted molar refractivity (Wildman–Crippen MR) is 65.5 cm³/mol. The van der Waals surface area contributed by atoms with E-state index in [0.29, 0.717) is 6.42 Å². The molecule has 1 saturated carbocycles. The molecule has 1 N–H and O–H groups in total. The van der Waals surface area contributed by atoms with E-state index in [1.165, 1.54) is 25.7 Å². The Kier molecular flexibility index (Phi) is 5.81. The predicted octanol–water partition coefficient (Wildman–Crippen LogP) is 2.61. The number of rotatable bonds is 6. The van der Waals surface area contributed by atoms with Crippen molar-refractivity contribution >= 4 is 5.97 Å². The number of carbonyl (C=O) groups is 1. The van der Waals surface area contributed by atoms with E-state index in [9.17, 15) is 4.79 Å². The standard InChI is InChI=1S/C13H25NO2/c1-11-5-3-6-12(9-11)10-14(2)8-4-7-13(15)16/h11-12H,3-10H2,1-2H3,(H,15,16). The van der Waals surface area contributed by atoms with Gasteiger partial charge in [0, 0.05) is 13.0 Å². The number of nitrogens with zero attached hydrogens (tertiary/aromatic N) is 1. The molecule has 16 heavy (non-hydrogen) atoms. The number of hydrogen-bond acceptors (Lipinski definition) is 2. The van der Waals surface area contributed by atoms with Gasteiger partial charge < -0.3 is 10.0 Å². The summed E-state index contributed by atoms with van der Waals surface area (Å²) in [6.45, 7) is 4.40. The second-order valence-electron chi connectivity index (χ2n) is 5.40. The fourth-order valence-corrected chi connectivity index (χ4v) is 2.76. The van der Waals surface area contributed by atoms with Gasteiger partial charge in [-0.1, -0.05) is 19.8 Å². The van der Waals surface area contributed by atoms with Crippen LogP contribution in [0.4, 0.5) is 0 Å². The molecule has 0 bridgehead atoms. The Morgan fingerprint density at radius 3 is 2.81 bits per heavy atom. The summed E-state index contributed by atoms with van der Waals surface area (Å²) < 4.78 is 0. The van der Waals surface area contributed by atoms with Gasteiger partial charge in [-0.25, -0.2) is 0 Å². The highest BCUT2D eigenvalue weighted by molar-refractivity contribution is 5.66. The first-order valence-corrected chi connectivity index (χ1v) is 6.48. The zero-order valence-electron chi connectivity index (χ0n) is 10.6. The quantitative estimate of drug-likeness (QED) is 0.758. The Bertz CT molecular complexity index is 218. The molecule has 0 aromatic rings. The smallest absolute Gasteiger partial charge is 0.303 e. The van der Waals surface area contributed by atoms with Crippen LogP contribution in [0.25, 0.3) is 0 Å². The Morgan fingerprint density at radius 1 is 1.44 bits per heavy atom. The first kappa shape index (κ1) is 13.5. The van der Waals surface area contributed by atoms with E-state index in [1.807, 2.05) is 0 Å². The number of hydrogen-bond donors (Lipinski definition) is 1. The third kappa shape index (κ3) is 5.50.